The van der Waals surface area contributed by atoms with E-state index in [2.05, 4.69) is 38.2 Å². The molecule has 41 heavy (non-hydrogen) atoms. The number of amides is 1. The minimum atomic E-state index is -3.25. The lowest BCUT2D eigenvalue weighted by Gasteiger charge is -2.34. The van der Waals surface area contributed by atoms with Gasteiger partial charge in [-0.15, -0.1) is 0 Å². The van der Waals surface area contributed by atoms with Crippen molar-refractivity contribution in [3.8, 4) is 17.1 Å². The van der Waals surface area contributed by atoms with Crippen molar-refractivity contribution in [2.75, 3.05) is 24.3 Å². The Morgan fingerprint density at radius 2 is 1.80 bits per heavy atom. The zero-order valence-corrected chi connectivity index (χ0v) is 24.2. The first kappa shape index (κ1) is 28.2. The number of aromatic nitrogens is 3. The summed E-state index contributed by atoms with van der Waals surface area (Å²) in [6.07, 6.45) is 4.49. The molecule has 1 aliphatic heterocycles. The molecule has 3 heterocycles. The second-order valence-corrected chi connectivity index (χ2v) is 12.2. The lowest BCUT2D eigenvalue weighted by molar-refractivity contribution is 0.0950. The predicted octanol–water partition coefficient (Wildman–Crippen LogP) is 4.78. The number of hydrogen-bond donors (Lipinski definition) is 1. The Morgan fingerprint density at radius 3 is 2.49 bits per heavy atom. The average Bonchev–Trinajstić information content (AvgIpc) is 3.03. The van der Waals surface area contributed by atoms with Gasteiger partial charge in [0.15, 0.2) is 9.84 Å². The third-order valence-corrected chi connectivity index (χ3v) is 9.16. The number of pyridine rings is 1. The van der Waals surface area contributed by atoms with E-state index in [1.165, 1.54) is 5.56 Å². The van der Waals surface area contributed by atoms with Crippen molar-refractivity contribution in [2.24, 2.45) is 0 Å². The smallest absolute Gasteiger partial charge is 0.251 e. The number of fused-ring (bicyclic) bond motifs is 1. The van der Waals surface area contributed by atoms with Crippen LogP contribution >= 0.6 is 0 Å². The molecular formula is C31H33N5O4S. The molecule has 0 spiro atoms. The van der Waals surface area contributed by atoms with Crippen molar-refractivity contribution in [2.45, 2.75) is 44.2 Å². The van der Waals surface area contributed by atoms with Gasteiger partial charge in [-0.2, -0.15) is 0 Å². The normalized spacial score (nSPS) is 14.8. The van der Waals surface area contributed by atoms with E-state index in [1.807, 2.05) is 24.3 Å². The topological polar surface area (TPSA) is 114 Å². The molecule has 4 aromatic rings. The lowest BCUT2D eigenvalue weighted by Crippen LogP contribution is -2.35. The average molecular weight is 572 g/mol. The zero-order chi connectivity index (χ0) is 29.0. The largest absolute Gasteiger partial charge is 0.481 e. The van der Waals surface area contributed by atoms with Crippen LogP contribution in [0.25, 0.3) is 11.3 Å². The summed E-state index contributed by atoms with van der Waals surface area (Å²) >= 11 is 0. The zero-order valence-electron chi connectivity index (χ0n) is 23.4. The predicted molar refractivity (Wildman–Crippen MR) is 158 cm³/mol. The number of carbonyl (C=O) groups is 1. The summed E-state index contributed by atoms with van der Waals surface area (Å²) < 4.78 is 29.3. The summed E-state index contributed by atoms with van der Waals surface area (Å²) in [5.41, 5.74) is 5.26. The highest BCUT2D eigenvalue weighted by atomic mass is 32.2. The number of ether oxygens (including phenoxy) is 1. The molecule has 0 saturated carbocycles. The summed E-state index contributed by atoms with van der Waals surface area (Å²) in [5, 5.41) is 2.95. The van der Waals surface area contributed by atoms with Crippen molar-refractivity contribution in [3.63, 3.8) is 0 Å². The molecule has 0 bridgehead atoms. The third-order valence-electron chi connectivity index (χ3n) is 7.40. The van der Waals surface area contributed by atoms with Crippen molar-refractivity contribution < 1.29 is 17.9 Å². The number of anilines is 1. The number of methoxy groups -OCH3 is 1. The Labute approximate surface area is 240 Å². The van der Waals surface area contributed by atoms with Gasteiger partial charge in [0.1, 0.15) is 0 Å². The number of hydrogen-bond acceptors (Lipinski definition) is 8. The van der Waals surface area contributed by atoms with Crippen LogP contribution in [0.4, 0.5) is 5.95 Å². The Hall–Kier alpha value is -4.31. The summed E-state index contributed by atoms with van der Waals surface area (Å²) in [7, 11) is -1.67. The highest BCUT2D eigenvalue weighted by Crippen LogP contribution is 2.33. The summed E-state index contributed by atoms with van der Waals surface area (Å²) in [6.45, 7) is 5.46. The van der Waals surface area contributed by atoms with E-state index in [0.717, 1.165) is 35.3 Å². The molecule has 1 atom stereocenters. The Morgan fingerprint density at radius 1 is 1.05 bits per heavy atom. The highest BCUT2D eigenvalue weighted by molar-refractivity contribution is 7.91. The standard InChI is InChI=1S/C31H33N5O4S/c1-4-22-19-36(31-33-17-25(18-34-31)28-7-6-8-29(35-28)40-3)20-24-15-23(11-14-27(22)24)30(37)32-16-21-9-12-26(13-10-21)41(38,39)5-2/h6-15,17-18,22H,4-5,16,19-20H2,1-3H3,(H,32,37). The fraction of sp³-hybridized carbons (Fsp3) is 0.290. The van der Waals surface area contributed by atoms with Gasteiger partial charge in [0.05, 0.1) is 23.5 Å². The van der Waals surface area contributed by atoms with Crippen LogP contribution in [0.15, 0.2) is 78.0 Å². The molecule has 2 aromatic heterocycles. The minimum Gasteiger partial charge on any atom is -0.481 e. The number of sulfone groups is 1. The number of carbonyl (C=O) groups excluding carboxylic acids is 1. The van der Waals surface area contributed by atoms with E-state index in [0.29, 0.717) is 30.5 Å². The van der Waals surface area contributed by atoms with Crippen molar-refractivity contribution in [1.29, 1.82) is 0 Å². The minimum absolute atomic E-state index is 0.0516. The summed E-state index contributed by atoms with van der Waals surface area (Å²) in [5.74, 6) is 1.32. The maximum atomic E-state index is 13.0. The number of benzene rings is 2. The lowest BCUT2D eigenvalue weighted by atomic mass is 9.87. The molecule has 9 nitrogen and oxygen atoms in total. The first-order valence-corrected chi connectivity index (χ1v) is 15.3. The molecule has 0 radical (unpaired) electrons. The van der Waals surface area contributed by atoms with Crippen LogP contribution < -0.4 is 15.0 Å². The van der Waals surface area contributed by atoms with Crippen LogP contribution in [0.5, 0.6) is 5.88 Å². The number of rotatable bonds is 9. The van der Waals surface area contributed by atoms with Gasteiger partial charge in [0.2, 0.25) is 11.8 Å². The summed E-state index contributed by atoms with van der Waals surface area (Å²) in [4.78, 5) is 29.2. The van der Waals surface area contributed by atoms with Gasteiger partial charge in [-0.25, -0.2) is 23.4 Å². The second-order valence-electron chi connectivity index (χ2n) is 9.97. The second kappa shape index (κ2) is 12.1. The van der Waals surface area contributed by atoms with E-state index < -0.39 is 9.84 Å². The van der Waals surface area contributed by atoms with Crippen LogP contribution in [0.2, 0.25) is 0 Å². The maximum absolute atomic E-state index is 13.0. The van der Waals surface area contributed by atoms with Crippen LogP contribution in [-0.2, 0) is 22.9 Å². The third kappa shape index (κ3) is 6.22. The van der Waals surface area contributed by atoms with Gasteiger partial charge >= 0.3 is 0 Å². The van der Waals surface area contributed by atoms with Gasteiger partial charge in [-0.3, -0.25) is 4.79 Å². The molecule has 10 heteroatoms. The Bertz CT molecular complexity index is 1640. The molecule has 0 fully saturated rings. The van der Waals surface area contributed by atoms with Crippen molar-refractivity contribution in [1.82, 2.24) is 20.3 Å². The quantitative estimate of drug-likeness (QED) is 0.305. The fourth-order valence-corrected chi connectivity index (χ4v) is 5.87. The van der Waals surface area contributed by atoms with E-state index in [4.69, 9.17) is 4.74 Å². The molecular weight excluding hydrogens is 538 g/mol. The first-order valence-electron chi connectivity index (χ1n) is 13.6. The molecule has 1 amide bonds. The van der Waals surface area contributed by atoms with E-state index >= 15 is 0 Å². The molecule has 2 aromatic carbocycles. The highest BCUT2D eigenvalue weighted by Gasteiger charge is 2.26. The van der Waals surface area contributed by atoms with Crippen LogP contribution in [0, 0.1) is 0 Å². The Kier molecular flexibility index (Phi) is 8.30. The van der Waals surface area contributed by atoms with E-state index in [1.54, 1.807) is 56.8 Å². The van der Waals surface area contributed by atoms with Crippen LogP contribution in [0.3, 0.4) is 0 Å². The monoisotopic (exact) mass is 571 g/mol. The molecule has 1 N–H and O–H groups in total. The molecule has 5 rings (SSSR count). The molecule has 0 saturated heterocycles. The van der Waals surface area contributed by atoms with Crippen molar-refractivity contribution in [3.05, 3.63) is 95.3 Å². The van der Waals surface area contributed by atoms with Crippen LogP contribution in [0.1, 0.15) is 53.2 Å². The maximum Gasteiger partial charge on any atom is 0.251 e. The summed E-state index contributed by atoms with van der Waals surface area (Å²) in [6, 6.07) is 18.1. The van der Waals surface area contributed by atoms with Gasteiger partial charge in [-0.05, 0) is 53.4 Å². The molecule has 1 unspecified atom stereocenters. The van der Waals surface area contributed by atoms with Gasteiger partial charge in [-0.1, -0.05) is 38.1 Å². The number of nitrogens with zero attached hydrogens (tertiary/aromatic N) is 4. The first-order chi connectivity index (χ1) is 19.8. The van der Waals surface area contributed by atoms with Gasteiger partial charge < -0.3 is 15.0 Å². The molecule has 212 valence electrons. The van der Waals surface area contributed by atoms with E-state index in [-0.39, 0.29) is 22.5 Å². The van der Waals surface area contributed by atoms with Gasteiger partial charge in [0.25, 0.3) is 5.91 Å². The SMILES string of the molecule is CCC1CN(c2ncc(-c3cccc(OC)n3)cn2)Cc2cc(C(=O)NCc3ccc(S(=O)(=O)CC)cc3)ccc21. The molecule has 1 aliphatic rings. The van der Waals surface area contributed by atoms with E-state index in [9.17, 15) is 13.2 Å². The van der Waals surface area contributed by atoms with Crippen molar-refractivity contribution >= 4 is 21.7 Å². The molecule has 0 aliphatic carbocycles. The van der Waals surface area contributed by atoms with Crippen LogP contribution in [-0.4, -0.2) is 48.7 Å². The Balaban J connectivity index is 1.29. The fourth-order valence-electron chi connectivity index (χ4n) is 4.99. The van der Waals surface area contributed by atoms with Gasteiger partial charge in [0, 0.05) is 55.1 Å². The number of nitrogens with one attached hydrogen (secondary N) is 1.